The molecule has 1 aromatic heterocycles. The number of aldehydes is 2. The monoisotopic (exact) mass is 201 g/mol. The highest BCUT2D eigenvalue weighted by atomic mass is 16.3. The largest absolute Gasteiger partial charge is 0.505 e. The standard InChI is InChI=1S/C11H7NO3/c13-5-7-4-8(6-14)11(15)10-9(7)2-1-3-12-10/h1-6,15H. The first kappa shape index (κ1) is 9.33. The van der Waals surface area contributed by atoms with E-state index in [1.807, 2.05) is 0 Å². The molecular weight excluding hydrogens is 194 g/mol. The fraction of sp³-hybridized carbons (Fsp3) is 0. The number of aromatic hydroxyl groups is 1. The molecule has 0 saturated heterocycles. The number of hydrogen-bond acceptors (Lipinski definition) is 4. The molecule has 0 fully saturated rings. The van der Waals surface area contributed by atoms with Crippen molar-refractivity contribution in [2.24, 2.45) is 0 Å². The van der Waals surface area contributed by atoms with E-state index in [2.05, 4.69) is 4.98 Å². The zero-order chi connectivity index (χ0) is 10.8. The van der Waals surface area contributed by atoms with Crippen molar-refractivity contribution in [2.75, 3.05) is 0 Å². The summed E-state index contributed by atoms with van der Waals surface area (Å²) >= 11 is 0. The number of phenols is 1. The third-order valence-electron chi connectivity index (χ3n) is 2.18. The van der Waals surface area contributed by atoms with Crippen LogP contribution in [0.15, 0.2) is 24.4 Å². The van der Waals surface area contributed by atoms with Crippen LogP contribution in [-0.4, -0.2) is 22.7 Å². The van der Waals surface area contributed by atoms with Crippen molar-refractivity contribution in [1.82, 2.24) is 4.98 Å². The Labute approximate surface area is 85.2 Å². The van der Waals surface area contributed by atoms with Gasteiger partial charge in [-0.25, -0.2) is 0 Å². The van der Waals surface area contributed by atoms with Gasteiger partial charge in [-0.1, -0.05) is 6.07 Å². The Morgan fingerprint density at radius 1 is 1.20 bits per heavy atom. The average Bonchev–Trinajstić information content (AvgIpc) is 2.30. The second-order valence-corrected chi connectivity index (χ2v) is 3.04. The van der Waals surface area contributed by atoms with Gasteiger partial charge in [-0.05, 0) is 12.1 Å². The quantitative estimate of drug-likeness (QED) is 0.749. The molecule has 0 radical (unpaired) electrons. The molecule has 0 aliphatic carbocycles. The molecule has 2 rings (SSSR count). The number of aromatic nitrogens is 1. The molecule has 0 spiro atoms. The van der Waals surface area contributed by atoms with Gasteiger partial charge in [0.15, 0.2) is 18.3 Å². The number of carbonyl (C=O) groups is 2. The summed E-state index contributed by atoms with van der Waals surface area (Å²) in [6.07, 6.45) is 2.62. The highest BCUT2D eigenvalue weighted by Crippen LogP contribution is 2.28. The third kappa shape index (κ3) is 1.36. The highest BCUT2D eigenvalue weighted by Gasteiger charge is 2.10. The van der Waals surface area contributed by atoms with Crippen LogP contribution in [0.25, 0.3) is 10.9 Å². The number of rotatable bonds is 2. The molecular formula is C11H7NO3. The van der Waals surface area contributed by atoms with Crippen molar-refractivity contribution < 1.29 is 14.7 Å². The van der Waals surface area contributed by atoms with Crippen LogP contribution in [-0.2, 0) is 0 Å². The second kappa shape index (κ2) is 3.49. The lowest BCUT2D eigenvalue weighted by Gasteiger charge is -2.04. The van der Waals surface area contributed by atoms with Crippen molar-refractivity contribution in [1.29, 1.82) is 0 Å². The van der Waals surface area contributed by atoms with Crippen LogP contribution in [0.5, 0.6) is 5.75 Å². The normalized spacial score (nSPS) is 10.1. The molecule has 4 nitrogen and oxygen atoms in total. The zero-order valence-electron chi connectivity index (χ0n) is 7.68. The molecule has 4 heteroatoms. The van der Waals surface area contributed by atoms with E-state index in [0.717, 1.165) is 0 Å². The molecule has 0 amide bonds. The van der Waals surface area contributed by atoms with E-state index in [0.29, 0.717) is 23.5 Å². The van der Waals surface area contributed by atoms with Crippen LogP contribution in [0.3, 0.4) is 0 Å². The summed E-state index contributed by atoms with van der Waals surface area (Å²) in [4.78, 5) is 25.3. The second-order valence-electron chi connectivity index (χ2n) is 3.04. The molecule has 15 heavy (non-hydrogen) atoms. The maximum atomic E-state index is 10.8. The van der Waals surface area contributed by atoms with E-state index >= 15 is 0 Å². The lowest BCUT2D eigenvalue weighted by Crippen LogP contribution is -1.91. The van der Waals surface area contributed by atoms with Gasteiger partial charge in [-0.15, -0.1) is 0 Å². The summed E-state index contributed by atoms with van der Waals surface area (Å²) in [5.74, 6) is -0.189. The summed E-state index contributed by atoms with van der Waals surface area (Å²) in [5.41, 5.74) is 0.686. The fourth-order valence-electron chi connectivity index (χ4n) is 1.46. The van der Waals surface area contributed by atoms with Gasteiger partial charge in [0.2, 0.25) is 0 Å². The zero-order valence-corrected chi connectivity index (χ0v) is 7.68. The molecule has 0 unspecified atom stereocenters. The van der Waals surface area contributed by atoms with Gasteiger partial charge in [0.05, 0.1) is 5.56 Å². The lowest BCUT2D eigenvalue weighted by atomic mass is 10.0. The maximum Gasteiger partial charge on any atom is 0.153 e. The smallest absolute Gasteiger partial charge is 0.153 e. The van der Waals surface area contributed by atoms with Gasteiger partial charge in [0, 0.05) is 17.1 Å². The predicted octanol–water partition coefficient (Wildman–Crippen LogP) is 1.57. The Hall–Kier alpha value is -2.23. The molecule has 2 aromatic rings. The lowest BCUT2D eigenvalue weighted by molar-refractivity contribution is 0.112. The molecule has 74 valence electrons. The van der Waals surface area contributed by atoms with Crippen LogP contribution in [0, 0.1) is 0 Å². The Balaban J connectivity index is 2.96. The fourth-order valence-corrected chi connectivity index (χ4v) is 1.46. The number of phenolic OH excluding ortho intramolecular Hbond substituents is 1. The third-order valence-corrected chi connectivity index (χ3v) is 2.18. The summed E-state index contributed by atoms with van der Waals surface area (Å²) < 4.78 is 0. The Kier molecular flexibility index (Phi) is 2.17. The molecule has 1 N–H and O–H groups in total. The Morgan fingerprint density at radius 3 is 2.60 bits per heavy atom. The van der Waals surface area contributed by atoms with Crippen LogP contribution in [0.4, 0.5) is 0 Å². The van der Waals surface area contributed by atoms with Crippen molar-refractivity contribution in [3.63, 3.8) is 0 Å². The number of carbonyl (C=O) groups excluding carboxylic acids is 2. The number of nitrogens with zero attached hydrogens (tertiary/aromatic N) is 1. The number of fused-ring (bicyclic) bond motifs is 1. The van der Waals surface area contributed by atoms with Crippen molar-refractivity contribution in [3.05, 3.63) is 35.5 Å². The molecule has 0 bridgehead atoms. The molecule has 0 aliphatic heterocycles. The topological polar surface area (TPSA) is 67.3 Å². The van der Waals surface area contributed by atoms with E-state index in [9.17, 15) is 14.7 Å². The molecule has 0 saturated carbocycles. The van der Waals surface area contributed by atoms with Crippen LogP contribution < -0.4 is 0 Å². The minimum atomic E-state index is -0.189. The van der Waals surface area contributed by atoms with Crippen molar-refractivity contribution >= 4 is 23.5 Å². The van der Waals surface area contributed by atoms with E-state index < -0.39 is 0 Å². The minimum Gasteiger partial charge on any atom is -0.505 e. The molecule has 1 aromatic carbocycles. The average molecular weight is 201 g/mol. The first-order chi connectivity index (χ1) is 7.27. The maximum absolute atomic E-state index is 10.8. The summed E-state index contributed by atoms with van der Waals surface area (Å²) in [5, 5.41) is 10.2. The minimum absolute atomic E-state index is 0.0725. The van der Waals surface area contributed by atoms with Crippen LogP contribution in [0.2, 0.25) is 0 Å². The van der Waals surface area contributed by atoms with E-state index in [4.69, 9.17) is 0 Å². The van der Waals surface area contributed by atoms with Crippen molar-refractivity contribution in [3.8, 4) is 5.75 Å². The van der Waals surface area contributed by atoms with E-state index in [-0.39, 0.29) is 16.8 Å². The number of benzene rings is 1. The van der Waals surface area contributed by atoms with Gasteiger partial charge in [0.25, 0.3) is 0 Å². The van der Waals surface area contributed by atoms with E-state index in [1.54, 1.807) is 12.1 Å². The van der Waals surface area contributed by atoms with Gasteiger partial charge in [0.1, 0.15) is 5.52 Å². The number of hydrogen-bond donors (Lipinski definition) is 1. The van der Waals surface area contributed by atoms with Gasteiger partial charge in [-0.2, -0.15) is 0 Å². The van der Waals surface area contributed by atoms with Gasteiger partial charge in [-0.3, -0.25) is 14.6 Å². The number of pyridine rings is 1. The predicted molar refractivity (Wildman–Crippen MR) is 54.2 cm³/mol. The summed E-state index contributed by atoms with van der Waals surface area (Å²) in [7, 11) is 0. The Bertz CT molecular complexity index is 549. The SMILES string of the molecule is O=Cc1cc(C=O)c2cccnc2c1O. The molecule has 0 atom stereocenters. The van der Waals surface area contributed by atoms with Crippen molar-refractivity contribution in [2.45, 2.75) is 0 Å². The van der Waals surface area contributed by atoms with Gasteiger partial charge >= 0.3 is 0 Å². The Morgan fingerprint density at radius 2 is 1.93 bits per heavy atom. The van der Waals surface area contributed by atoms with Crippen LogP contribution >= 0.6 is 0 Å². The van der Waals surface area contributed by atoms with Gasteiger partial charge < -0.3 is 5.11 Å². The first-order valence-corrected chi connectivity index (χ1v) is 4.29. The van der Waals surface area contributed by atoms with Crippen LogP contribution in [0.1, 0.15) is 20.7 Å². The molecule has 0 aliphatic rings. The molecule has 1 heterocycles. The summed E-state index contributed by atoms with van der Waals surface area (Å²) in [6, 6.07) is 4.68. The summed E-state index contributed by atoms with van der Waals surface area (Å²) in [6.45, 7) is 0. The highest BCUT2D eigenvalue weighted by molar-refractivity contribution is 6.03. The first-order valence-electron chi connectivity index (χ1n) is 4.29. The van der Waals surface area contributed by atoms with E-state index in [1.165, 1.54) is 12.3 Å².